The molecule has 2 heterocycles. The van der Waals surface area contributed by atoms with Crippen LogP contribution in [0.5, 0.6) is 0 Å². The van der Waals surface area contributed by atoms with Crippen molar-refractivity contribution in [2.75, 3.05) is 0 Å². The molecule has 164 valence electrons. The smallest absolute Gasteiger partial charge is 0.116 e. The molecule has 0 aliphatic rings. The van der Waals surface area contributed by atoms with E-state index in [9.17, 15) is 0 Å². The van der Waals surface area contributed by atoms with Gasteiger partial charge in [-0.05, 0) is 12.1 Å². The van der Waals surface area contributed by atoms with Gasteiger partial charge in [-0.2, -0.15) is 0 Å². The minimum Gasteiger partial charge on any atom is -0.307 e. The van der Waals surface area contributed by atoms with Gasteiger partial charge in [-0.25, -0.2) is 19.9 Å². The molecule has 0 bridgehead atoms. The predicted octanol–water partition coefficient (Wildman–Crippen LogP) is 6.41. The Morgan fingerprint density at radius 1 is 0.412 bits per heavy atom. The number of carbonyl (C=O) groups is 1. The lowest BCUT2D eigenvalue weighted by molar-refractivity contribution is -0.0979. The van der Waals surface area contributed by atoms with Crippen molar-refractivity contribution in [3.05, 3.63) is 122 Å². The molecule has 34 heavy (non-hydrogen) atoms. The van der Waals surface area contributed by atoms with E-state index in [0.717, 1.165) is 44.3 Å². The van der Waals surface area contributed by atoms with E-state index in [2.05, 4.69) is 56.3 Å². The number of fused-ring (bicyclic) bond motifs is 2. The number of benzene rings is 4. The van der Waals surface area contributed by atoms with Gasteiger partial charge in [-0.1, -0.05) is 97.1 Å². The van der Waals surface area contributed by atoms with E-state index < -0.39 is 0 Å². The standard InChI is InChI=1S/2C14H10N2.CH2O/c2*1-2-6-11(7-3-1)14-12-8-4-5-9-13(12)15-10-16-14;1-2/h2*1-10H;1H2. The van der Waals surface area contributed by atoms with Crippen molar-refractivity contribution in [1.82, 2.24) is 19.9 Å². The van der Waals surface area contributed by atoms with Crippen LogP contribution in [0, 0.1) is 0 Å². The molecular formula is C29H22N4O. The van der Waals surface area contributed by atoms with Crippen molar-refractivity contribution in [3.8, 4) is 22.5 Å². The maximum Gasteiger partial charge on any atom is 0.116 e. The second-order valence-electron chi connectivity index (χ2n) is 7.21. The van der Waals surface area contributed by atoms with Crippen LogP contribution in [0.3, 0.4) is 0 Å². The summed E-state index contributed by atoms with van der Waals surface area (Å²) < 4.78 is 0. The van der Waals surface area contributed by atoms with Crippen LogP contribution in [-0.2, 0) is 4.79 Å². The van der Waals surface area contributed by atoms with Crippen LogP contribution < -0.4 is 0 Å². The van der Waals surface area contributed by atoms with E-state index >= 15 is 0 Å². The largest absolute Gasteiger partial charge is 0.307 e. The monoisotopic (exact) mass is 442 g/mol. The van der Waals surface area contributed by atoms with Crippen LogP contribution in [0.25, 0.3) is 44.3 Å². The molecule has 5 heteroatoms. The first-order chi connectivity index (χ1) is 16.9. The highest BCUT2D eigenvalue weighted by atomic mass is 16.1. The molecule has 0 N–H and O–H groups in total. The van der Waals surface area contributed by atoms with Crippen LogP contribution in [0.2, 0.25) is 0 Å². The van der Waals surface area contributed by atoms with Gasteiger partial charge in [0.15, 0.2) is 0 Å². The number of nitrogens with zero attached hydrogens (tertiary/aromatic N) is 4. The Morgan fingerprint density at radius 2 is 0.765 bits per heavy atom. The van der Waals surface area contributed by atoms with Gasteiger partial charge in [-0.15, -0.1) is 0 Å². The molecule has 0 aliphatic heterocycles. The van der Waals surface area contributed by atoms with Gasteiger partial charge in [0.05, 0.1) is 22.4 Å². The summed E-state index contributed by atoms with van der Waals surface area (Å²) >= 11 is 0. The Balaban J connectivity index is 0.000000150. The van der Waals surface area contributed by atoms with Gasteiger partial charge >= 0.3 is 0 Å². The summed E-state index contributed by atoms with van der Waals surface area (Å²) in [4.78, 5) is 25.2. The topological polar surface area (TPSA) is 68.6 Å². The summed E-state index contributed by atoms with van der Waals surface area (Å²) in [5, 5.41) is 2.19. The first kappa shape index (κ1) is 22.4. The Morgan fingerprint density at radius 3 is 1.18 bits per heavy atom. The average molecular weight is 443 g/mol. The van der Waals surface area contributed by atoms with Crippen LogP contribution in [0.15, 0.2) is 122 Å². The molecule has 2 aromatic heterocycles. The van der Waals surface area contributed by atoms with Crippen LogP contribution in [0.4, 0.5) is 0 Å². The van der Waals surface area contributed by atoms with Crippen LogP contribution in [0.1, 0.15) is 0 Å². The number of aromatic nitrogens is 4. The van der Waals surface area contributed by atoms with Gasteiger partial charge in [0.1, 0.15) is 19.4 Å². The van der Waals surface area contributed by atoms with E-state index in [-0.39, 0.29) is 0 Å². The molecule has 6 rings (SSSR count). The van der Waals surface area contributed by atoms with Crippen LogP contribution >= 0.6 is 0 Å². The molecule has 4 aromatic carbocycles. The minimum atomic E-state index is 0.983. The first-order valence-corrected chi connectivity index (χ1v) is 10.7. The van der Waals surface area contributed by atoms with Gasteiger partial charge in [-0.3, -0.25) is 0 Å². The molecule has 0 radical (unpaired) electrons. The molecule has 0 atom stereocenters. The molecule has 0 saturated heterocycles. The minimum absolute atomic E-state index is 0.983. The fourth-order valence-corrected chi connectivity index (χ4v) is 3.66. The van der Waals surface area contributed by atoms with Gasteiger partial charge < -0.3 is 4.79 Å². The summed E-state index contributed by atoms with van der Waals surface area (Å²) in [5.74, 6) is 0. The second-order valence-corrected chi connectivity index (χ2v) is 7.21. The third kappa shape index (κ3) is 5.00. The SMILES string of the molecule is C=O.c1ccc(-c2ncnc3ccccc23)cc1.c1ccc(-c2ncnc3ccccc23)cc1. The maximum atomic E-state index is 8.00. The summed E-state index contributed by atoms with van der Waals surface area (Å²) in [6.07, 6.45) is 3.23. The lowest BCUT2D eigenvalue weighted by atomic mass is 10.1. The van der Waals surface area contributed by atoms with Gasteiger partial charge in [0.25, 0.3) is 0 Å². The summed E-state index contributed by atoms with van der Waals surface area (Å²) in [6.45, 7) is 2.00. The van der Waals surface area contributed by atoms with Crippen molar-refractivity contribution >= 4 is 28.6 Å². The zero-order valence-electron chi connectivity index (χ0n) is 18.5. The quantitative estimate of drug-likeness (QED) is 0.310. The summed E-state index contributed by atoms with van der Waals surface area (Å²) in [5.41, 5.74) is 6.20. The van der Waals surface area contributed by atoms with Gasteiger partial charge in [0, 0.05) is 21.9 Å². The fourth-order valence-electron chi connectivity index (χ4n) is 3.66. The molecule has 0 spiro atoms. The van der Waals surface area contributed by atoms with Crippen molar-refractivity contribution in [2.45, 2.75) is 0 Å². The second kappa shape index (κ2) is 11.2. The van der Waals surface area contributed by atoms with E-state index in [1.165, 1.54) is 0 Å². The van der Waals surface area contributed by atoms with E-state index in [1.807, 2.05) is 79.6 Å². The lowest BCUT2D eigenvalue weighted by Gasteiger charge is -2.04. The number of rotatable bonds is 2. The Kier molecular flexibility index (Phi) is 7.39. The zero-order valence-corrected chi connectivity index (χ0v) is 18.5. The maximum absolute atomic E-state index is 8.00. The molecule has 0 unspecified atom stereocenters. The molecule has 0 aliphatic carbocycles. The lowest BCUT2D eigenvalue weighted by Crippen LogP contribution is -1.87. The third-order valence-electron chi connectivity index (χ3n) is 5.18. The van der Waals surface area contributed by atoms with E-state index in [0.29, 0.717) is 0 Å². The van der Waals surface area contributed by atoms with Crippen LogP contribution in [-0.4, -0.2) is 26.7 Å². The molecule has 0 amide bonds. The summed E-state index contributed by atoms with van der Waals surface area (Å²) in [6, 6.07) is 36.5. The number of para-hydroxylation sites is 2. The normalized spacial score (nSPS) is 10.0. The van der Waals surface area contributed by atoms with E-state index in [4.69, 9.17) is 4.79 Å². The Bertz CT molecular complexity index is 1360. The number of hydrogen-bond acceptors (Lipinski definition) is 5. The molecule has 0 fully saturated rings. The zero-order chi connectivity index (χ0) is 23.6. The Labute approximate surface area is 197 Å². The predicted molar refractivity (Wildman–Crippen MR) is 137 cm³/mol. The van der Waals surface area contributed by atoms with Gasteiger partial charge in [0.2, 0.25) is 0 Å². The molecule has 5 nitrogen and oxygen atoms in total. The van der Waals surface area contributed by atoms with Crippen molar-refractivity contribution in [3.63, 3.8) is 0 Å². The average Bonchev–Trinajstić information content (AvgIpc) is 2.95. The highest BCUT2D eigenvalue weighted by Gasteiger charge is 2.05. The van der Waals surface area contributed by atoms with Crippen molar-refractivity contribution in [2.24, 2.45) is 0 Å². The third-order valence-corrected chi connectivity index (χ3v) is 5.18. The fraction of sp³-hybridized carbons (Fsp3) is 0. The summed E-state index contributed by atoms with van der Waals surface area (Å²) in [7, 11) is 0. The van der Waals surface area contributed by atoms with Crippen molar-refractivity contribution < 1.29 is 4.79 Å². The molecule has 0 saturated carbocycles. The van der Waals surface area contributed by atoms with E-state index in [1.54, 1.807) is 12.7 Å². The highest BCUT2D eigenvalue weighted by molar-refractivity contribution is 5.92. The first-order valence-electron chi connectivity index (χ1n) is 10.7. The number of hydrogen-bond donors (Lipinski definition) is 0. The number of carbonyl (C=O) groups excluding carboxylic acids is 1. The molecule has 6 aromatic rings. The van der Waals surface area contributed by atoms with Crippen molar-refractivity contribution in [1.29, 1.82) is 0 Å². The molecular weight excluding hydrogens is 420 g/mol. The Hall–Kier alpha value is -4.77. The highest BCUT2D eigenvalue weighted by Crippen LogP contribution is 2.25.